The van der Waals surface area contributed by atoms with Crippen molar-refractivity contribution in [2.75, 3.05) is 27.2 Å². The molecule has 1 N–H and O–H groups in total. The molecule has 1 aromatic heterocycles. The van der Waals surface area contributed by atoms with Crippen LogP contribution in [0.1, 0.15) is 18.5 Å². The highest BCUT2D eigenvalue weighted by Crippen LogP contribution is 2.22. The molecule has 6 nitrogen and oxygen atoms in total. The van der Waals surface area contributed by atoms with Gasteiger partial charge in [-0.05, 0) is 45.1 Å². The maximum Gasteiger partial charge on any atom is 0.249 e. The molecule has 1 aliphatic rings. The Bertz CT molecular complexity index is 754. The number of hydrogen-bond acceptors (Lipinski definition) is 4. The molecule has 3 rings (SSSR count). The van der Waals surface area contributed by atoms with E-state index >= 15 is 0 Å². The summed E-state index contributed by atoms with van der Waals surface area (Å²) in [4.78, 5) is 14.1. The molecule has 0 radical (unpaired) electrons. The number of halogens is 1. The molecule has 140 valence electrons. The van der Waals surface area contributed by atoms with Crippen LogP contribution in [0.5, 0.6) is 0 Å². The summed E-state index contributed by atoms with van der Waals surface area (Å²) in [6.07, 6.45) is 1.37. The van der Waals surface area contributed by atoms with E-state index in [0.717, 1.165) is 18.5 Å². The first-order valence-corrected chi connectivity index (χ1v) is 8.90. The third kappa shape index (κ3) is 4.47. The molecule has 26 heavy (non-hydrogen) atoms. The fraction of sp³-hybridized carbons (Fsp3) is 0.474. The van der Waals surface area contributed by atoms with Gasteiger partial charge in [-0.1, -0.05) is 12.1 Å². The first kappa shape index (κ1) is 18.5. The molecule has 1 amide bonds. The Balaban J connectivity index is 1.70. The highest BCUT2D eigenvalue weighted by atomic mass is 19.1. The van der Waals surface area contributed by atoms with Gasteiger partial charge in [0.1, 0.15) is 11.9 Å². The van der Waals surface area contributed by atoms with Crippen molar-refractivity contribution in [1.82, 2.24) is 20.0 Å². The summed E-state index contributed by atoms with van der Waals surface area (Å²) < 4.78 is 21.3. The van der Waals surface area contributed by atoms with Gasteiger partial charge in [0, 0.05) is 25.3 Å². The minimum Gasteiger partial charge on any atom is -0.368 e. The molecule has 2 heterocycles. The normalized spacial score (nSPS) is 17.0. The maximum absolute atomic E-state index is 14.1. The number of nitrogens with zero attached hydrogens (tertiary/aromatic N) is 3. The summed E-state index contributed by atoms with van der Waals surface area (Å²) in [6, 6.07) is 8.52. The molecule has 2 aromatic rings. The first-order chi connectivity index (χ1) is 12.5. The molecule has 0 aliphatic carbocycles. The second-order valence-corrected chi connectivity index (χ2v) is 6.75. The topological polar surface area (TPSA) is 59.4 Å². The lowest BCUT2D eigenvalue weighted by atomic mass is 10.1. The number of ether oxygens (including phenoxy) is 1. The van der Waals surface area contributed by atoms with Gasteiger partial charge in [-0.2, -0.15) is 5.10 Å². The van der Waals surface area contributed by atoms with Crippen LogP contribution in [0, 0.1) is 5.82 Å². The lowest BCUT2D eigenvalue weighted by molar-refractivity contribution is -0.130. The quantitative estimate of drug-likeness (QED) is 0.821. The Morgan fingerprint density at radius 3 is 2.92 bits per heavy atom. The van der Waals surface area contributed by atoms with Gasteiger partial charge in [0.25, 0.3) is 0 Å². The van der Waals surface area contributed by atoms with Gasteiger partial charge in [-0.25, -0.2) is 4.39 Å². The van der Waals surface area contributed by atoms with Gasteiger partial charge in [-0.3, -0.25) is 9.48 Å². The number of benzene rings is 1. The van der Waals surface area contributed by atoms with Crippen LogP contribution in [0.25, 0.3) is 11.3 Å². The molecule has 1 aromatic carbocycles. The van der Waals surface area contributed by atoms with Crippen molar-refractivity contribution >= 4 is 5.91 Å². The number of carbonyl (C=O) groups is 1. The molecule has 0 spiro atoms. The van der Waals surface area contributed by atoms with E-state index < -0.39 is 0 Å². The number of amides is 1. The lowest BCUT2D eigenvalue weighted by Gasteiger charge is -2.13. The van der Waals surface area contributed by atoms with E-state index in [9.17, 15) is 9.18 Å². The second-order valence-electron chi connectivity index (χ2n) is 6.75. The van der Waals surface area contributed by atoms with Crippen molar-refractivity contribution in [3.8, 4) is 11.3 Å². The summed E-state index contributed by atoms with van der Waals surface area (Å²) in [7, 11) is 3.94. The molecular formula is C19H25FN4O2. The standard InChI is InChI=1S/C19H25FN4O2/c1-23(2)13-14-12-17(15-6-3-4-7-16(15)20)22-24(14)10-9-21-19(25)18-8-5-11-26-18/h3-4,6-7,12,18H,5,8-11,13H2,1-2H3,(H,21,25). The van der Waals surface area contributed by atoms with E-state index in [2.05, 4.69) is 10.4 Å². The van der Waals surface area contributed by atoms with Crippen molar-refractivity contribution in [2.24, 2.45) is 0 Å². The maximum atomic E-state index is 14.1. The number of nitrogens with one attached hydrogen (secondary N) is 1. The lowest BCUT2D eigenvalue weighted by Crippen LogP contribution is -2.36. The van der Waals surface area contributed by atoms with Crippen LogP contribution < -0.4 is 5.32 Å². The van der Waals surface area contributed by atoms with Gasteiger partial charge in [0.15, 0.2) is 0 Å². The highest BCUT2D eigenvalue weighted by Gasteiger charge is 2.23. The van der Waals surface area contributed by atoms with Crippen LogP contribution in [-0.2, 0) is 22.6 Å². The first-order valence-electron chi connectivity index (χ1n) is 8.90. The largest absolute Gasteiger partial charge is 0.368 e. The summed E-state index contributed by atoms with van der Waals surface area (Å²) in [5, 5.41) is 7.46. The van der Waals surface area contributed by atoms with Gasteiger partial charge in [0.2, 0.25) is 5.91 Å². The van der Waals surface area contributed by atoms with E-state index in [4.69, 9.17) is 4.74 Å². The number of rotatable bonds is 7. The molecule has 1 fully saturated rings. The van der Waals surface area contributed by atoms with Gasteiger partial charge < -0.3 is 15.0 Å². The van der Waals surface area contributed by atoms with Crippen LogP contribution in [-0.4, -0.2) is 53.9 Å². The van der Waals surface area contributed by atoms with Gasteiger partial charge in [0.05, 0.1) is 17.9 Å². The van der Waals surface area contributed by atoms with E-state index in [1.807, 2.05) is 29.7 Å². The summed E-state index contributed by atoms with van der Waals surface area (Å²) in [5.41, 5.74) is 2.06. The average molecular weight is 360 g/mol. The molecule has 1 aliphatic heterocycles. The van der Waals surface area contributed by atoms with Crippen molar-refractivity contribution in [3.05, 3.63) is 41.8 Å². The fourth-order valence-corrected chi connectivity index (χ4v) is 3.08. The molecule has 0 saturated carbocycles. The molecular weight excluding hydrogens is 335 g/mol. The van der Waals surface area contributed by atoms with Gasteiger partial charge >= 0.3 is 0 Å². The van der Waals surface area contributed by atoms with E-state index in [0.29, 0.717) is 37.5 Å². The van der Waals surface area contributed by atoms with Crippen LogP contribution >= 0.6 is 0 Å². The van der Waals surface area contributed by atoms with Crippen molar-refractivity contribution in [1.29, 1.82) is 0 Å². The zero-order chi connectivity index (χ0) is 18.5. The van der Waals surface area contributed by atoms with Crippen molar-refractivity contribution in [2.45, 2.75) is 32.0 Å². The summed E-state index contributed by atoms with van der Waals surface area (Å²) in [6.45, 7) is 2.31. The zero-order valence-electron chi connectivity index (χ0n) is 15.2. The Labute approximate surface area is 152 Å². The third-order valence-corrected chi connectivity index (χ3v) is 4.34. The van der Waals surface area contributed by atoms with E-state index in [-0.39, 0.29) is 17.8 Å². The van der Waals surface area contributed by atoms with Crippen molar-refractivity contribution < 1.29 is 13.9 Å². The number of hydrogen-bond donors (Lipinski definition) is 1. The van der Waals surface area contributed by atoms with Crippen LogP contribution in [0.4, 0.5) is 4.39 Å². The second kappa shape index (κ2) is 8.42. The van der Waals surface area contributed by atoms with Crippen molar-refractivity contribution in [3.63, 3.8) is 0 Å². The molecule has 0 bridgehead atoms. The zero-order valence-corrected chi connectivity index (χ0v) is 15.2. The predicted octanol–water partition coefficient (Wildman–Crippen LogP) is 2.05. The van der Waals surface area contributed by atoms with Crippen LogP contribution in [0.2, 0.25) is 0 Å². The molecule has 7 heteroatoms. The Morgan fingerprint density at radius 1 is 1.42 bits per heavy atom. The molecule has 1 unspecified atom stereocenters. The highest BCUT2D eigenvalue weighted by molar-refractivity contribution is 5.80. The van der Waals surface area contributed by atoms with E-state index in [1.165, 1.54) is 6.07 Å². The van der Waals surface area contributed by atoms with Crippen LogP contribution in [0.15, 0.2) is 30.3 Å². The summed E-state index contributed by atoms with van der Waals surface area (Å²) >= 11 is 0. The predicted molar refractivity (Wildman–Crippen MR) is 97.0 cm³/mol. The number of carbonyl (C=O) groups excluding carboxylic acids is 1. The summed E-state index contributed by atoms with van der Waals surface area (Å²) in [5.74, 6) is -0.363. The minimum atomic E-state index is -0.331. The average Bonchev–Trinajstić information content (AvgIpc) is 3.25. The van der Waals surface area contributed by atoms with E-state index in [1.54, 1.807) is 18.2 Å². The number of aromatic nitrogens is 2. The third-order valence-electron chi connectivity index (χ3n) is 4.34. The van der Waals surface area contributed by atoms with Gasteiger partial charge in [-0.15, -0.1) is 0 Å². The SMILES string of the molecule is CN(C)Cc1cc(-c2ccccc2F)nn1CCNC(=O)C1CCCO1. The minimum absolute atomic E-state index is 0.0712. The molecule has 1 atom stereocenters. The monoisotopic (exact) mass is 360 g/mol. The fourth-order valence-electron chi connectivity index (χ4n) is 3.08. The smallest absolute Gasteiger partial charge is 0.249 e. The van der Waals surface area contributed by atoms with Crippen LogP contribution in [0.3, 0.4) is 0 Å². The molecule has 1 saturated heterocycles. The Morgan fingerprint density at radius 2 is 2.23 bits per heavy atom. The Kier molecular flexibility index (Phi) is 6.00. The Hall–Kier alpha value is -2.25.